The third-order valence-corrected chi connectivity index (χ3v) is 6.42. The van der Waals surface area contributed by atoms with E-state index in [1.54, 1.807) is 0 Å². The predicted molar refractivity (Wildman–Crippen MR) is 77.8 cm³/mol. The molecule has 0 amide bonds. The Morgan fingerprint density at radius 2 is 2.05 bits per heavy atom. The molecule has 1 aromatic heterocycles. The van der Waals surface area contributed by atoms with Gasteiger partial charge in [-0.25, -0.2) is 4.98 Å². The Labute approximate surface area is 125 Å². The van der Waals surface area contributed by atoms with Gasteiger partial charge in [0.05, 0.1) is 10.3 Å². The molecule has 0 bridgehead atoms. The van der Waals surface area contributed by atoms with Gasteiger partial charge in [0.25, 0.3) is 0 Å². The van der Waals surface area contributed by atoms with Crippen molar-refractivity contribution in [2.24, 2.45) is 0 Å². The highest BCUT2D eigenvalue weighted by Crippen LogP contribution is 2.34. The molecule has 118 valence electrons. The van der Waals surface area contributed by atoms with Gasteiger partial charge in [0.1, 0.15) is 5.82 Å². The fourth-order valence-electron chi connectivity index (χ4n) is 2.67. The number of nitrogens with zero attached hydrogens (tertiary/aromatic N) is 2. The summed E-state index contributed by atoms with van der Waals surface area (Å²) >= 11 is 0. The van der Waals surface area contributed by atoms with Crippen molar-refractivity contribution in [3.05, 3.63) is 23.9 Å². The van der Waals surface area contributed by atoms with Crippen LogP contribution in [0.2, 0.25) is 0 Å². The second kappa shape index (κ2) is 5.94. The first-order chi connectivity index (χ1) is 9.82. The summed E-state index contributed by atoms with van der Waals surface area (Å²) in [6.07, 6.45) is -1.71. The molecule has 1 atom stereocenters. The van der Waals surface area contributed by atoms with E-state index in [4.69, 9.17) is 0 Å². The SMILES string of the molecule is CCC1(CC)CN(c2cc(C(F)(F)F)ccn2)CCS1=O. The van der Waals surface area contributed by atoms with Crippen molar-refractivity contribution in [1.82, 2.24) is 4.98 Å². The molecule has 0 spiro atoms. The van der Waals surface area contributed by atoms with Gasteiger partial charge in [0.2, 0.25) is 0 Å². The van der Waals surface area contributed by atoms with E-state index < -0.39 is 22.5 Å². The van der Waals surface area contributed by atoms with Crippen LogP contribution < -0.4 is 4.90 Å². The molecule has 3 nitrogen and oxygen atoms in total. The normalized spacial score (nSPS) is 22.3. The maximum Gasteiger partial charge on any atom is 0.416 e. The zero-order valence-electron chi connectivity index (χ0n) is 12.1. The molecule has 1 fully saturated rings. The van der Waals surface area contributed by atoms with E-state index >= 15 is 0 Å². The third-order valence-electron chi connectivity index (χ3n) is 4.19. The molecule has 0 radical (unpaired) electrons. The lowest BCUT2D eigenvalue weighted by Gasteiger charge is -2.41. The summed E-state index contributed by atoms with van der Waals surface area (Å²) in [6.45, 7) is 4.92. The second-order valence-corrected chi connectivity index (χ2v) is 7.23. The molecule has 7 heteroatoms. The minimum atomic E-state index is -4.37. The molecule has 1 aromatic rings. The van der Waals surface area contributed by atoms with Crippen molar-refractivity contribution >= 4 is 16.6 Å². The lowest BCUT2D eigenvalue weighted by atomic mass is 10.0. The Morgan fingerprint density at radius 1 is 1.38 bits per heavy atom. The van der Waals surface area contributed by atoms with Crippen LogP contribution in [0.3, 0.4) is 0 Å². The first-order valence-electron chi connectivity index (χ1n) is 6.99. The van der Waals surface area contributed by atoms with E-state index in [2.05, 4.69) is 4.98 Å². The maximum atomic E-state index is 12.8. The highest BCUT2D eigenvalue weighted by atomic mass is 32.2. The number of pyridine rings is 1. The number of hydrogen-bond donors (Lipinski definition) is 0. The number of anilines is 1. The molecule has 0 aliphatic carbocycles. The fourth-order valence-corrected chi connectivity index (χ4v) is 4.43. The Balaban J connectivity index is 2.29. The average molecular weight is 320 g/mol. The molecule has 1 aliphatic rings. The first-order valence-corrected chi connectivity index (χ1v) is 8.31. The molecule has 0 saturated carbocycles. The quantitative estimate of drug-likeness (QED) is 0.857. The number of rotatable bonds is 3. The van der Waals surface area contributed by atoms with Gasteiger partial charge in [-0.05, 0) is 25.0 Å². The molecule has 1 aliphatic heterocycles. The van der Waals surface area contributed by atoms with E-state index in [1.165, 1.54) is 6.20 Å². The van der Waals surface area contributed by atoms with Crippen molar-refractivity contribution in [3.8, 4) is 0 Å². The summed E-state index contributed by atoms with van der Waals surface area (Å²) in [5.41, 5.74) is -0.696. The maximum absolute atomic E-state index is 12.8. The van der Waals surface area contributed by atoms with Gasteiger partial charge in [0.15, 0.2) is 0 Å². The van der Waals surface area contributed by atoms with Gasteiger partial charge in [0, 0.05) is 35.8 Å². The molecular formula is C14H19F3N2OS. The van der Waals surface area contributed by atoms with Crippen molar-refractivity contribution in [2.45, 2.75) is 37.6 Å². The molecule has 2 rings (SSSR count). The zero-order valence-corrected chi connectivity index (χ0v) is 12.9. The third kappa shape index (κ3) is 3.22. The molecule has 0 aromatic carbocycles. The van der Waals surface area contributed by atoms with Crippen molar-refractivity contribution in [2.75, 3.05) is 23.7 Å². The first kappa shape index (κ1) is 16.3. The predicted octanol–water partition coefficient (Wildman–Crippen LogP) is 3.23. The standard InChI is InChI=1S/C14H19F3N2OS/c1-3-13(4-2)10-19(7-8-21(13)20)12-9-11(5-6-18-12)14(15,16)17/h5-6,9H,3-4,7-8,10H2,1-2H3. The van der Waals surface area contributed by atoms with Crippen molar-refractivity contribution in [1.29, 1.82) is 0 Å². The second-order valence-electron chi connectivity index (χ2n) is 5.26. The summed E-state index contributed by atoms with van der Waals surface area (Å²) in [4.78, 5) is 5.89. The molecule has 2 heterocycles. The van der Waals surface area contributed by atoms with Crippen LogP contribution in [-0.2, 0) is 17.0 Å². The lowest BCUT2D eigenvalue weighted by molar-refractivity contribution is -0.137. The minimum Gasteiger partial charge on any atom is -0.354 e. The van der Waals surface area contributed by atoms with Crippen LogP contribution in [0.15, 0.2) is 18.3 Å². The van der Waals surface area contributed by atoms with Gasteiger partial charge < -0.3 is 4.90 Å². The van der Waals surface area contributed by atoms with Crippen LogP contribution in [0.1, 0.15) is 32.3 Å². The molecule has 21 heavy (non-hydrogen) atoms. The molecular weight excluding hydrogens is 301 g/mol. The average Bonchev–Trinajstić information content (AvgIpc) is 2.47. The van der Waals surface area contributed by atoms with Gasteiger partial charge in [-0.3, -0.25) is 4.21 Å². The van der Waals surface area contributed by atoms with Crippen molar-refractivity contribution in [3.63, 3.8) is 0 Å². The number of halogens is 3. The number of hydrogen-bond acceptors (Lipinski definition) is 3. The van der Waals surface area contributed by atoms with Gasteiger partial charge in [-0.2, -0.15) is 13.2 Å². The monoisotopic (exact) mass is 320 g/mol. The lowest BCUT2D eigenvalue weighted by Crippen LogP contribution is -2.53. The van der Waals surface area contributed by atoms with E-state index in [-0.39, 0.29) is 4.75 Å². The summed E-state index contributed by atoms with van der Waals surface area (Å²) in [6, 6.07) is 2.04. The Morgan fingerprint density at radius 3 is 2.62 bits per heavy atom. The van der Waals surface area contributed by atoms with Crippen molar-refractivity contribution < 1.29 is 17.4 Å². The van der Waals surface area contributed by atoms with E-state index in [0.717, 1.165) is 25.0 Å². The molecule has 1 saturated heterocycles. The topological polar surface area (TPSA) is 33.2 Å². The van der Waals surface area contributed by atoms with Crippen LogP contribution in [0.25, 0.3) is 0 Å². The summed E-state index contributed by atoms with van der Waals surface area (Å²) in [5.74, 6) is 0.785. The summed E-state index contributed by atoms with van der Waals surface area (Å²) in [7, 11) is -0.945. The van der Waals surface area contributed by atoms with Crippen LogP contribution in [0.5, 0.6) is 0 Å². The zero-order chi connectivity index (χ0) is 15.7. The van der Waals surface area contributed by atoms with Gasteiger partial charge in [-0.15, -0.1) is 0 Å². The summed E-state index contributed by atoms with van der Waals surface area (Å²) in [5, 5.41) is 0. The van der Waals surface area contributed by atoms with E-state index in [0.29, 0.717) is 24.7 Å². The smallest absolute Gasteiger partial charge is 0.354 e. The van der Waals surface area contributed by atoms with E-state index in [1.807, 2.05) is 18.7 Å². The highest BCUT2D eigenvalue weighted by molar-refractivity contribution is 7.86. The Hall–Kier alpha value is -1.11. The van der Waals surface area contributed by atoms with Crippen LogP contribution in [0.4, 0.5) is 19.0 Å². The van der Waals surface area contributed by atoms with Gasteiger partial charge in [-0.1, -0.05) is 13.8 Å². The Kier molecular flexibility index (Phi) is 4.60. The summed E-state index contributed by atoms with van der Waals surface area (Å²) < 4.78 is 50.3. The Bertz CT molecular complexity index is 529. The van der Waals surface area contributed by atoms with E-state index in [9.17, 15) is 17.4 Å². The fraction of sp³-hybridized carbons (Fsp3) is 0.643. The highest BCUT2D eigenvalue weighted by Gasteiger charge is 2.39. The number of aromatic nitrogens is 1. The minimum absolute atomic E-state index is 0.313. The van der Waals surface area contributed by atoms with Gasteiger partial charge >= 0.3 is 6.18 Å². The molecule has 1 unspecified atom stereocenters. The van der Waals surface area contributed by atoms with Crippen LogP contribution in [-0.4, -0.2) is 32.8 Å². The largest absolute Gasteiger partial charge is 0.416 e. The number of alkyl halides is 3. The van der Waals surface area contributed by atoms with Crippen LogP contribution >= 0.6 is 0 Å². The van der Waals surface area contributed by atoms with Crippen LogP contribution in [0, 0.1) is 0 Å². The molecule has 0 N–H and O–H groups in total.